The fourth-order valence-electron chi connectivity index (χ4n) is 2.98. The first-order valence-electron chi connectivity index (χ1n) is 9.52. The van der Waals surface area contributed by atoms with E-state index in [0.717, 1.165) is 44.1 Å². The van der Waals surface area contributed by atoms with Gasteiger partial charge in [0.1, 0.15) is 6.10 Å². The van der Waals surface area contributed by atoms with Gasteiger partial charge in [-0.15, -0.1) is 6.58 Å². The van der Waals surface area contributed by atoms with Gasteiger partial charge in [0.2, 0.25) is 0 Å². The number of hydrogen-bond acceptors (Lipinski definition) is 5. The summed E-state index contributed by atoms with van der Waals surface area (Å²) in [5.41, 5.74) is 0.861. The molecule has 1 aliphatic rings. The van der Waals surface area contributed by atoms with E-state index in [-0.39, 0.29) is 12.8 Å². The number of carbonyl (C=O) groups is 3. The number of carbonyl (C=O) groups excluding carboxylic acids is 3. The van der Waals surface area contributed by atoms with Gasteiger partial charge in [-0.2, -0.15) is 0 Å². The van der Waals surface area contributed by atoms with Crippen molar-refractivity contribution in [1.29, 1.82) is 0 Å². The van der Waals surface area contributed by atoms with E-state index < -0.39 is 24.1 Å². The lowest BCUT2D eigenvalue weighted by atomic mass is 10.0. The SMILES string of the molecule is C=CCCCCCCCC(OC(=O)ON1C(=O)CCC1=O)c1ccccc1. The van der Waals surface area contributed by atoms with E-state index in [0.29, 0.717) is 11.5 Å². The third kappa shape index (κ3) is 6.89. The van der Waals surface area contributed by atoms with Crippen LogP contribution in [-0.4, -0.2) is 23.0 Å². The summed E-state index contributed by atoms with van der Waals surface area (Å²) < 4.78 is 5.42. The lowest BCUT2D eigenvalue weighted by Crippen LogP contribution is -2.32. The molecule has 0 aromatic heterocycles. The highest BCUT2D eigenvalue weighted by Gasteiger charge is 2.34. The van der Waals surface area contributed by atoms with E-state index in [9.17, 15) is 14.4 Å². The largest absolute Gasteiger partial charge is 0.534 e. The van der Waals surface area contributed by atoms with E-state index in [4.69, 9.17) is 9.57 Å². The van der Waals surface area contributed by atoms with Gasteiger partial charge in [0.05, 0.1) is 0 Å². The van der Waals surface area contributed by atoms with Crippen molar-refractivity contribution in [2.24, 2.45) is 0 Å². The zero-order chi connectivity index (χ0) is 19.5. The molecule has 1 atom stereocenters. The van der Waals surface area contributed by atoms with Gasteiger partial charge in [0.25, 0.3) is 11.8 Å². The van der Waals surface area contributed by atoms with Crippen LogP contribution < -0.4 is 0 Å². The number of hydroxylamine groups is 2. The molecule has 1 aromatic rings. The molecule has 1 saturated heterocycles. The number of hydrogen-bond donors (Lipinski definition) is 0. The van der Waals surface area contributed by atoms with Gasteiger partial charge in [-0.1, -0.05) is 60.7 Å². The maximum absolute atomic E-state index is 12.1. The van der Waals surface area contributed by atoms with Crippen LogP contribution in [0.5, 0.6) is 0 Å². The molecular formula is C21H27NO5. The van der Waals surface area contributed by atoms with Gasteiger partial charge in [-0.05, 0) is 31.2 Å². The first-order valence-corrected chi connectivity index (χ1v) is 9.52. The quantitative estimate of drug-likeness (QED) is 0.240. The molecule has 0 spiro atoms. The second-order valence-corrected chi connectivity index (χ2v) is 6.57. The van der Waals surface area contributed by atoms with Gasteiger partial charge in [0.15, 0.2) is 0 Å². The Morgan fingerprint density at radius 2 is 1.67 bits per heavy atom. The van der Waals surface area contributed by atoms with Crippen LogP contribution in [0.3, 0.4) is 0 Å². The second kappa shape index (κ2) is 11.2. The van der Waals surface area contributed by atoms with Crippen molar-refractivity contribution in [2.45, 2.75) is 63.9 Å². The summed E-state index contributed by atoms with van der Waals surface area (Å²) in [5, 5.41) is 0.504. The number of benzene rings is 1. The normalized spacial score (nSPS) is 14.9. The third-order valence-corrected chi connectivity index (χ3v) is 4.46. The van der Waals surface area contributed by atoms with Crippen LogP contribution in [0.15, 0.2) is 43.0 Å². The fraction of sp³-hybridized carbons (Fsp3) is 0.476. The molecule has 1 aromatic carbocycles. The van der Waals surface area contributed by atoms with E-state index in [1.807, 2.05) is 36.4 Å². The van der Waals surface area contributed by atoms with E-state index in [1.165, 1.54) is 0 Å². The molecule has 1 heterocycles. The van der Waals surface area contributed by atoms with Crippen molar-refractivity contribution in [3.8, 4) is 0 Å². The standard InChI is InChI=1S/C21H27NO5/c1-2-3-4-5-6-7-11-14-18(17-12-9-8-10-13-17)26-21(25)27-22-19(23)15-16-20(22)24/h2,8-10,12-13,18H,1,3-7,11,14-16H2. The minimum Gasteiger partial charge on any atom is -0.425 e. The van der Waals surface area contributed by atoms with E-state index in [2.05, 4.69) is 6.58 Å². The van der Waals surface area contributed by atoms with Crippen molar-refractivity contribution < 1.29 is 24.0 Å². The highest BCUT2D eigenvalue weighted by molar-refractivity contribution is 6.01. The van der Waals surface area contributed by atoms with Crippen LogP contribution in [0.25, 0.3) is 0 Å². The smallest absolute Gasteiger partial charge is 0.425 e. The first kappa shape index (κ1) is 20.7. The lowest BCUT2D eigenvalue weighted by Gasteiger charge is -2.19. The zero-order valence-corrected chi connectivity index (χ0v) is 15.6. The van der Waals surface area contributed by atoms with Gasteiger partial charge < -0.3 is 4.74 Å². The highest BCUT2D eigenvalue weighted by Crippen LogP contribution is 2.25. The number of nitrogens with zero attached hydrogens (tertiary/aromatic N) is 1. The molecule has 6 nitrogen and oxygen atoms in total. The number of rotatable bonds is 11. The summed E-state index contributed by atoms with van der Waals surface area (Å²) >= 11 is 0. The molecule has 1 aliphatic heterocycles. The maximum Gasteiger partial charge on any atom is 0.534 e. The molecular weight excluding hydrogens is 346 g/mol. The molecule has 1 unspecified atom stereocenters. The molecule has 0 saturated carbocycles. The van der Waals surface area contributed by atoms with Crippen molar-refractivity contribution in [3.63, 3.8) is 0 Å². The molecule has 0 aliphatic carbocycles. The Kier molecular flexibility index (Phi) is 8.55. The predicted octanol–water partition coefficient (Wildman–Crippen LogP) is 4.86. The number of amides is 2. The average molecular weight is 373 g/mol. The minimum absolute atomic E-state index is 0.0556. The van der Waals surface area contributed by atoms with Crippen LogP contribution in [-0.2, 0) is 19.2 Å². The summed E-state index contributed by atoms with van der Waals surface area (Å²) in [6, 6.07) is 9.40. The Bertz CT molecular complexity index is 627. The Morgan fingerprint density at radius 1 is 1.04 bits per heavy atom. The molecule has 2 amide bonds. The lowest BCUT2D eigenvalue weighted by molar-refractivity contribution is -0.178. The van der Waals surface area contributed by atoms with Crippen molar-refractivity contribution in [1.82, 2.24) is 5.06 Å². The molecule has 2 rings (SSSR count). The number of unbranched alkanes of at least 4 members (excludes halogenated alkanes) is 5. The van der Waals surface area contributed by atoms with Crippen LogP contribution in [0.1, 0.15) is 69.5 Å². The summed E-state index contributed by atoms with van der Waals surface area (Å²) in [7, 11) is 0. The summed E-state index contributed by atoms with van der Waals surface area (Å²) in [4.78, 5) is 40.0. The third-order valence-electron chi connectivity index (χ3n) is 4.46. The predicted molar refractivity (Wildman–Crippen MR) is 100 cm³/mol. The van der Waals surface area contributed by atoms with E-state index in [1.54, 1.807) is 0 Å². The number of allylic oxidation sites excluding steroid dienone is 1. The number of imide groups is 1. The topological polar surface area (TPSA) is 72.9 Å². The van der Waals surface area contributed by atoms with Crippen molar-refractivity contribution in [2.75, 3.05) is 0 Å². The molecule has 6 heteroatoms. The molecule has 0 bridgehead atoms. The second-order valence-electron chi connectivity index (χ2n) is 6.57. The fourth-order valence-corrected chi connectivity index (χ4v) is 2.98. The Balaban J connectivity index is 1.85. The Morgan fingerprint density at radius 3 is 2.33 bits per heavy atom. The van der Waals surface area contributed by atoms with E-state index >= 15 is 0 Å². The van der Waals surface area contributed by atoms with Crippen LogP contribution in [0, 0.1) is 0 Å². The highest BCUT2D eigenvalue weighted by atomic mass is 16.8. The minimum atomic E-state index is -1.03. The summed E-state index contributed by atoms with van der Waals surface area (Å²) in [6.07, 6.45) is 7.61. The van der Waals surface area contributed by atoms with Crippen LogP contribution >= 0.6 is 0 Å². The molecule has 27 heavy (non-hydrogen) atoms. The Hall–Kier alpha value is -2.63. The Labute approximate surface area is 160 Å². The molecule has 0 radical (unpaired) electrons. The summed E-state index contributed by atoms with van der Waals surface area (Å²) in [6.45, 7) is 3.72. The van der Waals surface area contributed by atoms with Crippen molar-refractivity contribution >= 4 is 18.0 Å². The average Bonchev–Trinajstić information content (AvgIpc) is 2.99. The van der Waals surface area contributed by atoms with Gasteiger partial charge >= 0.3 is 6.16 Å². The van der Waals surface area contributed by atoms with Gasteiger partial charge in [-0.3, -0.25) is 14.4 Å². The number of ether oxygens (including phenoxy) is 1. The van der Waals surface area contributed by atoms with Crippen LogP contribution in [0.2, 0.25) is 0 Å². The zero-order valence-electron chi connectivity index (χ0n) is 15.6. The van der Waals surface area contributed by atoms with Gasteiger partial charge in [-0.25, -0.2) is 4.79 Å². The molecule has 146 valence electrons. The van der Waals surface area contributed by atoms with Crippen molar-refractivity contribution in [3.05, 3.63) is 48.6 Å². The molecule has 0 N–H and O–H groups in total. The van der Waals surface area contributed by atoms with Crippen LogP contribution in [0.4, 0.5) is 4.79 Å². The summed E-state index contributed by atoms with van der Waals surface area (Å²) in [5.74, 6) is -1.04. The maximum atomic E-state index is 12.1. The monoisotopic (exact) mass is 373 g/mol. The van der Waals surface area contributed by atoms with Gasteiger partial charge in [0, 0.05) is 12.8 Å². The molecule has 1 fully saturated rings. The first-order chi connectivity index (χ1) is 13.1.